The van der Waals surface area contributed by atoms with Gasteiger partial charge in [0.15, 0.2) is 5.96 Å². The average Bonchev–Trinajstić information content (AvgIpc) is 3.54. The normalized spacial score (nSPS) is 23.4. The largest absolute Gasteiger partial charge is 0.477 e. The zero-order valence-electron chi connectivity index (χ0n) is 16.9. The first-order chi connectivity index (χ1) is 13.2. The van der Waals surface area contributed by atoms with Crippen LogP contribution in [0.1, 0.15) is 51.0 Å². The standard InChI is InChI=1S/C20H32N4O2S.HI/c1-3-27(25)18-6-4-5-17(11-18)24-20(21-2)23-13-16-9-10-19(22-12-16)26-14-15-7-8-15;/h9-10,12,15,17-18H,3-8,11,13-14H2,1-2H3,(H2,21,23,24);1H. The lowest BCUT2D eigenvalue weighted by molar-refractivity contribution is 0.288. The highest BCUT2D eigenvalue weighted by atomic mass is 127. The summed E-state index contributed by atoms with van der Waals surface area (Å²) in [5.41, 5.74) is 1.09. The molecule has 1 aromatic rings. The Bertz CT molecular complexity index is 652. The number of guanidine groups is 1. The van der Waals surface area contributed by atoms with Crippen LogP contribution in [0.2, 0.25) is 0 Å². The number of nitrogens with one attached hydrogen (secondary N) is 2. The fourth-order valence-electron chi connectivity index (χ4n) is 3.41. The Hall–Kier alpha value is -0.900. The molecule has 3 unspecified atom stereocenters. The molecule has 8 heteroatoms. The first-order valence-electron chi connectivity index (χ1n) is 10.1. The lowest BCUT2D eigenvalue weighted by Crippen LogP contribution is -2.46. The molecule has 0 aliphatic heterocycles. The summed E-state index contributed by atoms with van der Waals surface area (Å²) in [6.07, 6.45) is 8.67. The van der Waals surface area contributed by atoms with Crippen LogP contribution in [-0.2, 0) is 17.3 Å². The fraction of sp³-hybridized carbons (Fsp3) is 0.700. The van der Waals surface area contributed by atoms with Crippen LogP contribution < -0.4 is 15.4 Å². The van der Waals surface area contributed by atoms with Gasteiger partial charge in [-0.3, -0.25) is 9.20 Å². The molecule has 0 aromatic carbocycles. The first kappa shape index (κ1) is 23.4. The van der Waals surface area contributed by atoms with Crippen LogP contribution in [0.25, 0.3) is 0 Å². The van der Waals surface area contributed by atoms with Crippen LogP contribution in [0.15, 0.2) is 23.3 Å². The summed E-state index contributed by atoms with van der Waals surface area (Å²) in [7, 11) is 1.08. The first-order valence-corrected chi connectivity index (χ1v) is 11.5. The number of aromatic nitrogens is 1. The summed E-state index contributed by atoms with van der Waals surface area (Å²) in [4.78, 5) is 8.71. The highest BCUT2D eigenvalue weighted by Gasteiger charge is 2.26. The van der Waals surface area contributed by atoms with Gasteiger partial charge in [-0.1, -0.05) is 19.4 Å². The van der Waals surface area contributed by atoms with Crippen molar-refractivity contribution in [3.8, 4) is 5.88 Å². The van der Waals surface area contributed by atoms with E-state index < -0.39 is 10.8 Å². The molecule has 1 heterocycles. The van der Waals surface area contributed by atoms with E-state index in [2.05, 4.69) is 20.6 Å². The molecule has 2 N–H and O–H groups in total. The zero-order chi connectivity index (χ0) is 19.1. The fourth-order valence-corrected chi connectivity index (χ4v) is 4.76. The molecule has 3 atom stereocenters. The van der Waals surface area contributed by atoms with E-state index in [-0.39, 0.29) is 24.0 Å². The highest BCUT2D eigenvalue weighted by molar-refractivity contribution is 14.0. The summed E-state index contributed by atoms with van der Waals surface area (Å²) in [5, 5.41) is 7.16. The van der Waals surface area contributed by atoms with Gasteiger partial charge in [0.2, 0.25) is 5.88 Å². The Morgan fingerprint density at radius 3 is 2.79 bits per heavy atom. The highest BCUT2D eigenvalue weighted by Crippen LogP contribution is 2.29. The molecule has 1 aromatic heterocycles. The molecule has 2 saturated carbocycles. The Morgan fingerprint density at radius 2 is 2.14 bits per heavy atom. The Kier molecular flexibility index (Phi) is 9.98. The maximum Gasteiger partial charge on any atom is 0.213 e. The smallest absolute Gasteiger partial charge is 0.213 e. The molecule has 2 fully saturated rings. The molecule has 28 heavy (non-hydrogen) atoms. The minimum absolute atomic E-state index is 0. The van der Waals surface area contributed by atoms with Gasteiger partial charge >= 0.3 is 0 Å². The van der Waals surface area contributed by atoms with Gasteiger partial charge in [-0.25, -0.2) is 4.98 Å². The third-order valence-corrected chi connectivity index (χ3v) is 7.01. The van der Waals surface area contributed by atoms with Crippen molar-refractivity contribution in [2.24, 2.45) is 10.9 Å². The van der Waals surface area contributed by atoms with Crippen molar-refractivity contribution < 1.29 is 8.95 Å². The van der Waals surface area contributed by atoms with E-state index in [4.69, 9.17) is 4.74 Å². The van der Waals surface area contributed by atoms with Crippen molar-refractivity contribution in [3.05, 3.63) is 23.9 Å². The zero-order valence-corrected chi connectivity index (χ0v) is 20.0. The van der Waals surface area contributed by atoms with Gasteiger partial charge in [0.1, 0.15) is 0 Å². The topological polar surface area (TPSA) is 75.6 Å². The van der Waals surface area contributed by atoms with E-state index in [1.165, 1.54) is 12.8 Å². The van der Waals surface area contributed by atoms with Crippen molar-refractivity contribution in [2.75, 3.05) is 19.4 Å². The number of rotatable bonds is 8. The quantitative estimate of drug-likeness (QED) is 0.313. The van der Waals surface area contributed by atoms with E-state index in [1.54, 1.807) is 7.05 Å². The SMILES string of the molecule is CCS(=O)C1CCCC(NC(=NC)NCc2ccc(OCC3CC3)nc2)C1.I. The van der Waals surface area contributed by atoms with E-state index in [9.17, 15) is 4.21 Å². The third-order valence-electron chi connectivity index (χ3n) is 5.27. The summed E-state index contributed by atoms with van der Waals surface area (Å²) in [5.74, 6) is 2.97. The Labute approximate surface area is 188 Å². The predicted molar refractivity (Wildman–Crippen MR) is 126 cm³/mol. The van der Waals surface area contributed by atoms with Gasteiger partial charge in [0, 0.05) is 53.7 Å². The second-order valence-electron chi connectivity index (χ2n) is 7.48. The maximum absolute atomic E-state index is 12.1. The van der Waals surface area contributed by atoms with Crippen molar-refractivity contribution in [1.82, 2.24) is 15.6 Å². The number of pyridine rings is 1. The van der Waals surface area contributed by atoms with Crippen LogP contribution in [0.5, 0.6) is 5.88 Å². The Balaban J connectivity index is 0.00000280. The Morgan fingerprint density at radius 1 is 1.32 bits per heavy atom. The number of aliphatic imine (C=N–C) groups is 1. The molecule has 0 amide bonds. The molecular formula is C20H33IN4O2S. The van der Waals surface area contributed by atoms with Crippen molar-refractivity contribution in [1.29, 1.82) is 0 Å². The van der Waals surface area contributed by atoms with Crippen LogP contribution in [0.3, 0.4) is 0 Å². The van der Waals surface area contributed by atoms with Gasteiger partial charge in [-0.15, -0.1) is 24.0 Å². The van der Waals surface area contributed by atoms with Gasteiger partial charge in [-0.05, 0) is 43.6 Å². The molecule has 0 bridgehead atoms. The molecular weight excluding hydrogens is 487 g/mol. The lowest BCUT2D eigenvalue weighted by atomic mass is 9.95. The minimum atomic E-state index is -0.708. The van der Waals surface area contributed by atoms with Gasteiger partial charge in [0.25, 0.3) is 0 Å². The summed E-state index contributed by atoms with van der Waals surface area (Å²) in [6.45, 7) is 3.45. The summed E-state index contributed by atoms with van der Waals surface area (Å²) in [6, 6.07) is 4.31. The summed E-state index contributed by atoms with van der Waals surface area (Å²) < 4.78 is 17.8. The number of hydrogen-bond donors (Lipinski definition) is 2. The van der Waals surface area contributed by atoms with E-state index >= 15 is 0 Å². The van der Waals surface area contributed by atoms with Gasteiger partial charge < -0.3 is 15.4 Å². The van der Waals surface area contributed by atoms with Crippen molar-refractivity contribution in [3.63, 3.8) is 0 Å². The van der Waals surface area contributed by atoms with Crippen molar-refractivity contribution >= 4 is 40.7 Å². The number of hydrogen-bond acceptors (Lipinski definition) is 4. The van der Waals surface area contributed by atoms with Crippen molar-refractivity contribution in [2.45, 2.75) is 63.3 Å². The van der Waals surface area contributed by atoms with Crippen LogP contribution in [0.4, 0.5) is 0 Å². The number of nitrogens with zero attached hydrogens (tertiary/aromatic N) is 2. The molecule has 0 spiro atoms. The predicted octanol–water partition coefficient (Wildman–Crippen LogP) is 3.23. The van der Waals surface area contributed by atoms with E-state index in [1.807, 2.05) is 25.3 Å². The van der Waals surface area contributed by atoms with E-state index in [0.717, 1.165) is 55.5 Å². The maximum atomic E-state index is 12.1. The second kappa shape index (κ2) is 11.9. The summed E-state index contributed by atoms with van der Waals surface area (Å²) >= 11 is 0. The molecule has 6 nitrogen and oxygen atoms in total. The van der Waals surface area contributed by atoms with Crippen LogP contribution >= 0.6 is 24.0 Å². The lowest BCUT2D eigenvalue weighted by Gasteiger charge is -2.30. The van der Waals surface area contributed by atoms with Crippen LogP contribution in [-0.4, -0.2) is 45.9 Å². The molecule has 0 radical (unpaired) electrons. The molecule has 158 valence electrons. The minimum Gasteiger partial charge on any atom is -0.477 e. The molecule has 2 aliphatic rings. The second-order valence-corrected chi connectivity index (χ2v) is 9.49. The molecule has 3 rings (SSSR count). The van der Waals surface area contributed by atoms with E-state index in [0.29, 0.717) is 23.7 Å². The molecule has 2 aliphatic carbocycles. The average molecular weight is 520 g/mol. The molecule has 0 saturated heterocycles. The number of halogens is 1. The van der Waals surface area contributed by atoms with Crippen LogP contribution in [0, 0.1) is 5.92 Å². The van der Waals surface area contributed by atoms with Gasteiger partial charge in [-0.2, -0.15) is 0 Å². The third kappa shape index (κ3) is 7.50. The monoisotopic (exact) mass is 520 g/mol. The number of ether oxygens (including phenoxy) is 1. The van der Waals surface area contributed by atoms with Gasteiger partial charge in [0.05, 0.1) is 6.61 Å².